The summed E-state index contributed by atoms with van der Waals surface area (Å²) in [6.45, 7) is 9.23. The van der Waals surface area contributed by atoms with Gasteiger partial charge in [-0.05, 0) is 37.1 Å². The summed E-state index contributed by atoms with van der Waals surface area (Å²) < 4.78 is 0. The molecule has 0 unspecified atom stereocenters. The second-order valence-electron chi connectivity index (χ2n) is 5.35. The molecule has 1 aliphatic rings. The number of likely N-dealkylation sites (tertiary alicyclic amines) is 1. The third-order valence-corrected chi connectivity index (χ3v) is 4.01. The number of phenols is 1. The number of nitrogens with zero attached hydrogens (tertiary/aromatic N) is 1. The molecule has 0 aliphatic carbocycles. The maximum atomic E-state index is 9.70. The van der Waals surface area contributed by atoms with E-state index in [0.717, 1.165) is 19.6 Å². The largest absolute Gasteiger partial charge is 0.508 e. The van der Waals surface area contributed by atoms with E-state index in [4.69, 9.17) is 0 Å². The molecule has 2 nitrogen and oxygen atoms in total. The monoisotopic (exact) mass is 245 g/mol. The van der Waals surface area contributed by atoms with Crippen LogP contribution in [0.4, 0.5) is 0 Å². The van der Waals surface area contributed by atoms with E-state index in [0.29, 0.717) is 5.75 Å². The van der Waals surface area contributed by atoms with Gasteiger partial charge in [-0.25, -0.2) is 0 Å². The van der Waals surface area contributed by atoms with Crippen LogP contribution in [0.5, 0.6) is 5.75 Å². The van der Waals surface area contributed by atoms with Gasteiger partial charge in [-0.15, -0.1) is 6.58 Å². The molecule has 0 aromatic heterocycles. The minimum Gasteiger partial charge on any atom is -0.508 e. The van der Waals surface area contributed by atoms with Crippen LogP contribution in [0.25, 0.3) is 0 Å². The summed E-state index contributed by atoms with van der Waals surface area (Å²) in [5.41, 5.74) is 1.51. The van der Waals surface area contributed by atoms with Gasteiger partial charge in [0, 0.05) is 18.5 Å². The van der Waals surface area contributed by atoms with Crippen molar-refractivity contribution in [3.8, 4) is 5.75 Å². The molecule has 1 atom stereocenters. The summed E-state index contributed by atoms with van der Waals surface area (Å²) in [4.78, 5) is 2.45. The van der Waals surface area contributed by atoms with Crippen molar-refractivity contribution < 1.29 is 5.11 Å². The van der Waals surface area contributed by atoms with Crippen LogP contribution in [-0.4, -0.2) is 29.6 Å². The summed E-state index contributed by atoms with van der Waals surface area (Å²) in [5.74, 6) is 0.380. The highest BCUT2D eigenvalue weighted by atomic mass is 16.3. The number of hydrogen-bond acceptors (Lipinski definition) is 2. The maximum Gasteiger partial charge on any atom is 0.115 e. The van der Waals surface area contributed by atoms with Crippen LogP contribution in [0, 0.1) is 0 Å². The average molecular weight is 245 g/mol. The molecule has 0 spiro atoms. The van der Waals surface area contributed by atoms with Crippen LogP contribution >= 0.6 is 0 Å². The van der Waals surface area contributed by atoms with Crippen LogP contribution in [0.15, 0.2) is 36.9 Å². The Morgan fingerprint density at radius 1 is 1.50 bits per heavy atom. The van der Waals surface area contributed by atoms with Crippen LogP contribution in [0.1, 0.15) is 31.7 Å². The van der Waals surface area contributed by atoms with Crippen molar-refractivity contribution in [1.29, 1.82) is 0 Å². The number of phenolic OH excluding ortho intramolecular Hbond substituents is 1. The van der Waals surface area contributed by atoms with Gasteiger partial charge in [-0.1, -0.05) is 31.6 Å². The fourth-order valence-electron chi connectivity index (χ4n) is 3.20. The van der Waals surface area contributed by atoms with E-state index in [1.54, 1.807) is 6.07 Å². The smallest absolute Gasteiger partial charge is 0.115 e. The van der Waals surface area contributed by atoms with E-state index in [1.165, 1.54) is 24.8 Å². The molecule has 1 heterocycles. The zero-order valence-corrected chi connectivity index (χ0v) is 11.2. The second-order valence-corrected chi connectivity index (χ2v) is 5.35. The first-order valence-electron chi connectivity index (χ1n) is 6.83. The lowest BCUT2D eigenvalue weighted by Gasteiger charge is -2.30. The quantitative estimate of drug-likeness (QED) is 0.804. The van der Waals surface area contributed by atoms with Crippen molar-refractivity contribution in [1.82, 2.24) is 4.90 Å². The zero-order chi connectivity index (χ0) is 13.0. The van der Waals surface area contributed by atoms with Gasteiger partial charge in [0.15, 0.2) is 0 Å². The lowest BCUT2D eigenvalue weighted by Crippen LogP contribution is -2.31. The summed E-state index contributed by atoms with van der Waals surface area (Å²) in [7, 11) is 0. The van der Waals surface area contributed by atoms with Gasteiger partial charge in [0.2, 0.25) is 0 Å². The molecule has 1 fully saturated rings. The van der Waals surface area contributed by atoms with E-state index in [1.807, 2.05) is 18.2 Å². The highest BCUT2D eigenvalue weighted by molar-refractivity contribution is 5.34. The molecular weight excluding hydrogens is 222 g/mol. The molecule has 2 rings (SSSR count). The maximum absolute atomic E-state index is 9.70. The van der Waals surface area contributed by atoms with Gasteiger partial charge >= 0.3 is 0 Å². The van der Waals surface area contributed by atoms with E-state index < -0.39 is 0 Å². The Hall–Kier alpha value is -1.28. The van der Waals surface area contributed by atoms with Crippen molar-refractivity contribution in [2.75, 3.05) is 19.6 Å². The topological polar surface area (TPSA) is 23.5 Å². The molecule has 0 amide bonds. The van der Waals surface area contributed by atoms with Gasteiger partial charge in [0.1, 0.15) is 5.75 Å². The van der Waals surface area contributed by atoms with Crippen LogP contribution in [0.3, 0.4) is 0 Å². The Balaban J connectivity index is 2.25. The lowest BCUT2D eigenvalue weighted by molar-refractivity contribution is 0.326. The predicted molar refractivity (Wildman–Crippen MR) is 75.9 cm³/mol. The van der Waals surface area contributed by atoms with Crippen molar-refractivity contribution in [3.05, 3.63) is 42.5 Å². The highest BCUT2D eigenvalue weighted by Gasteiger charge is 2.38. The SMILES string of the molecule is C=CCN1CC[C@@](CCC)(c2cccc(O)c2)C1. The zero-order valence-electron chi connectivity index (χ0n) is 11.2. The number of aromatic hydroxyl groups is 1. The first-order valence-corrected chi connectivity index (χ1v) is 6.83. The summed E-state index contributed by atoms with van der Waals surface area (Å²) in [6.07, 6.45) is 5.52. The Kier molecular flexibility index (Phi) is 4.07. The van der Waals surface area contributed by atoms with Gasteiger partial charge in [0.05, 0.1) is 0 Å². The summed E-state index contributed by atoms with van der Waals surface area (Å²) >= 11 is 0. The molecule has 98 valence electrons. The van der Waals surface area contributed by atoms with Crippen molar-refractivity contribution in [3.63, 3.8) is 0 Å². The van der Waals surface area contributed by atoms with Crippen LogP contribution < -0.4 is 0 Å². The highest BCUT2D eigenvalue weighted by Crippen LogP contribution is 2.39. The number of benzene rings is 1. The molecule has 1 N–H and O–H groups in total. The van der Waals surface area contributed by atoms with E-state index in [-0.39, 0.29) is 5.41 Å². The fourth-order valence-corrected chi connectivity index (χ4v) is 3.20. The van der Waals surface area contributed by atoms with Crippen LogP contribution in [-0.2, 0) is 5.41 Å². The van der Waals surface area contributed by atoms with Gasteiger partial charge < -0.3 is 5.11 Å². The molecule has 1 aliphatic heterocycles. The number of hydrogen-bond donors (Lipinski definition) is 1. The standard InChI is InChI=1S/C16H23NO/c1-3-8-16(9-11-17(13-16)10-4-2)14-6-5-7-15(18)12-14/h4-7,12,18H,2-3,8-11,13H2,1H3/t16-/m1/s1. The number of rotatable bonds is 5. The molecule has 1 saturated heterocycles. The summed E-state index contributed by atoms with van der Waals surface area (Å²) in [5, 5.41) is 9.70. The van der Waals surface area contributed by atoms with Crippen molar-refractivity contribution in [2.24, 2.45) is 0 Å². The Labute approximate surface area is 110 Å². The molecule has 1 aromatic carbocycles. The van der Waals surface area contributed by atoms with E-state index in [2.05, 4.69) is 24.5 Å². The third-order valence-electron chi connectivity index (χ3n) is 4.01. The molecule has 0 radical (unpaired) electrons. The van der Waals surface area contributed by atoms with Crippen molar-refractivity contribution >= 4 is 0 Å². The van der Waals surface area contributed by atoms with E-state index >= 15 is 0 Å². The normalized spacial score (nSPS) is 24.3. The molecule has 0 bridgehead atoms. The lowest BCUT2D eigenvalue weighted by atomic mass is 9.76. The Morgan fingerprint density at radius 2 is 2.33 bits per heavy atom. The van der Waals surface area contributed by atoms with Gasteiger partial charge in [0.25, 0.3) is 0 Å². The van der Waals surface area contributed by atoms with E-state index in [9.17, 15) is 5.11 Å². The first kappa shape index (κ1) is 13.2. The Morgan fingerprint density at radius 3 is 3.00 bits per heavy atom. The third kappa shape index (κ3) is 2.59. The second kappa shape index (κ2) is 5.57. The van der Waals surface area contributed by atoms with Crippen molar-refractivity contribution in [2.45, 2.75) is 31.6 Å². The summed E-state index contributed by atoms with van der Waals surface area (Å²) in [6, 6.07) is 7.80. The molecule has 18 heavy (non-hydrogen) atoms. The minimum atomic E-state index is 0.219. The van der Waals surface area contributed by atoms with Gasteiger partial charge in [-0.2, -0.15) is 0 Å². The molecule has 0 saturated carbocycles. The molecular formula is C16H23NO. The predicted octanol–water partition coefficient (Wildman–Crippen LogP) is 3.32. The minimum absolute atomic E-state index is 0.219. The molecule has 2 heteroatoms. The average Bonchev–Trinajstić information content (AvgIpc) is 2.75. The first-order chi connectivity index (χ1) is 8.70. The Bertz CT molecular complexity index is 415. The van der Waals surface area contributed by atoms with Crippen LogP contribution in [0.2, 0.25) is 0 Å². The molecule has 1 aromatic rings. The fraction of sp³-hybridized carbons (Fsp3) is 0.500. The van der Waals surface area contributed by atoms with Gasteiger partial charge in [-0.3, -0.25) is 4.90 Å².